The van der Waals surface area contributed by atoms with Gasteiger partial charge in [-0.2, -0.15) is 5.10 Å². The number of carbonyl (C=O) groups excluding carboxylic acids is 1. The fourth-order valence-electron chi connectivity index (χ4n) is 3.84. The lowest BCUT2D eigenvalue weighted by molar-refractivity contribution is -0.148. The van der Waals surface area contributed by atoms with Crippen molar-refractivity contribution >= 4 is 17.5 Å². The summed E-state index contributed by atoms with van der Waals surface area (Å²) in [5.74, 6) is 0.719. The highest BCUT2D eigenvalue weighted by Crippen LogP contribution is 2.23. The molecule has 0 spiro atoms. The average Bonchev–Trinajstić information content (AvgIpc) is 3.13. The van der Waals surface area contributed by atoms with E-state index in [1.807, 2.05) is 38.1 Å². The molecular weight excluding hydrogens is 416 g/mol. The topological polar surface area (TPSA) is 85.2 Å². The van der Waals surface area contributed by atoms with Gasteiger partial charge in [0, 0.05) is 44.5 Å². The van der Waals surface area contributed by atoms with E-state index in [-0.39, 0.29) is 25.5 Å². The van der Waals surface area contributed by atoms with Gasteiger partial charge in [0.05, 0.1) is 29.8 Å². The van der Waals surface area contributed by atoms with Gasteiger partial charge in [0.25, 0.3) is 0 Å². The van der Waals surface area contributed by atoms with Crippen LogP contribution in [0, 0.1) is 6.92 Å². The van der Waals surface area contributed by atoms with E-state index in [0.717, 1.165) is 28.9 Å². The van der Waals surface area contributed by atoms with Crippen LogP contribution in [0.3, 0.4) is 0 Å². The van der Waals surface area contributed by atoms with Crippen LogP contribution in [0.5, 0.6) is 0 Å². The minimum Gasteiger partial charge on any atom is -0.372 e. The maximum Gasteiger partial charge on any atom is 0.227 e. The lowest BCUT2D eigenvalue weighted by Gasteiger charge is -2.40. The normalized spacial score (nSPS) is 13.5. The SMILES string of the molecule is C.Cc1cc(-c2ccnc(Nc3cnn(C)c3)n2)ccc1CCC(=O)N1CC(OC(C)C)C1. The van der Waals surface area contributed by atoms with E-state index in [1.165, 1.54) is 5.56 Å². The Morgan fingerprint density at radius 2 is 2.06 bits per heavy atom. The fraction of sp³-hybridized carbons (Fsp3) is 0.440. The van der Waals surface area contributed by atoms with Crippen LogP contribution in [-0.4, -0.2) is 55.9 Å². The number of ether oxygens (including phenoxy) is 1. The number of aryl methyl sites for hydroxylation is 3. The van der Waals surface area contributed by atoms with Crippen LogP contribution in [0.1, 0.15) is 38.8 Å². The van der Waals surface area contributed by atoms with Crippen molar-refractivity contribution in [3.05, 3.63) is 54.0 Å². The van der Waals surface area contributed by atoms with Gasteiger partial charge < -0.3 is 15.0 Å². The molecule has 0 atom stereocenters. The predicted octanol–water partition coefficient (Wildman–Crippen LogP) is 4.13. The van der Waals surface area contributed by atoms with Crippen LogP contribution in [0.15, 0.2) is 42.9 Å². The Morgan fingerprint density at radius 3 is 2.73 bits per heavy atom. The molecule has 2 aromatic heterocycles. The molecule has 1 aromatic carbocycles. The van der Waals surface area contributed by atoms with Gasteiger partial charge in [-0.05, 0) is 50.5 Å². The second-order valence-corrected chi connectivity index (χ2v) is 8.54. The molecule has 176 valence electrons. The second kappa shape index (κ2) is 10.6. The van der Waals surface area contributed by atoms with E-state index >= 15 is 0 Å². The van der Waals surface area contributed by atoms with E-state index < -0.39 is 0 Å². The summed E-state index contributed by atoms with van der Waals surface area (Å²) in [7, 11) is 1.86. The number of benzene rings is 1. The molecule has 0 unspecified atom stereocenters. The molecule has 0 radical (unpaired) electrons. The number of carbonyl (C=O) groups is 1. The summed E-state index contributed by atoms with van der Waals surface area (Å²) in [6.45, 7) is 7.54. The van der Waals surface area contributed by atoms with Crippen molar-refractivity contribution in [3.8, 4) is 11.3 Å². The molecular formula is C25H34N6O2. The van der Waals surface area contributed by atoms with Gasteiger partial charge in [-0.25, -0.2) is 9.97 Å². The van der Waals surface area contributed by atoms with Gasteiger partial charge in [0.2, 0.25) is 11.9 Å². The van der Waals surface area contributed by atoms with Gasteiger partial charge >= 0.3 is 0 Å². The van der Waals surface area contributed by atoms with Crippen LogP contribution in [-0.2, 0) is 23.0 Å². The number of likely N-dealkylation sites (tertiary alicyclic amines) is 1. The molecule has 8 heteroatoms. The van der Waals surface area contributed by atoms with Crippen LogP contribution >= 0.6 is 0 Å². The smallest absolute Gasteiger partial charge is 0.227 e. The van der Waals surface area contributed by atoms with Crippen molar-refractivity contribution in [1.29, 1.82) is 0 Å². The van der Waals surface area contributed by atoms with Crippen molar-refractivity contribution < 1.29 is 9.53 Å². The quantitative estimate of drug-likeness (QED) is 0.555. The van der Waals surface area contributed by atoms with E-state index in [2.05, 4.69) is 45.5 Å². The Labute approximate surface area is 196 Å². The van der Waals surface area contributed by atoms with Crippen LogP contribution in [0.4, 0.5) is 11.6 Å². The minimum absolute atomic E-state index is 0. The molecule has 3 aromatic rings. The molecule has 3 heterocycles. The van der Waals surface area contributed by atoms with Crippen LogP contribution < -0.4 is 5.32 Å². The van der Waals surface area contributed by atoms with Crippen molar-refractivity contribution in [2.75, 3.05) is 18.4 Å². The third kappa shape index (κ3) is 6.16. The number of nitrogens with zero attached hydrogens (tertiary/aromatic N) is 5. The number of hydrogen-bond acceptors (Lipinski definition) is 6. The largest absolute Gasteiger partial charge is 0.372 e. The van der Waals surface area contributed by atoms with Crippen molar-refractivity contribution in [2.45, 2.75) is 53.2 Å². The Hall–Kier alpha value is -3.26. The van der Waals surface area contributed by atoms with Gasteiger partial charge in [0.15, 0.2) is 0 Å². The average molecular weight is 451 g/mol. The molecule has 1 N–H and O–H groups in total. The van der Waals surface area contributed by atoms with E-state index in [4.69, 9.17) is 4.74 Å². The molecule has 4 rings (SSSR count). The highest BCUT2D eigenvalue weighted by molar-refractivity contribution is 5.77. The molecule has 0 bridgehead atoms. The molecule has 33 heavy (non-hydrogen) atoms. The first-order valence-electron chi connectivity index (χ1n) is 11.0. The molecule has 1 aliphatic heterocycles. The molecule has 0 aliphatic carbocycles. The summed E-state index contributed by atoms with van der Waals surface area (Å²) in [6.07, 6.45) is 6.98. The second-order valence-electron chi connectivity index (χ2n) is 8.54. The zero-order chi connectivity index (χ0) is 22.7. The Kier molecular flexibility index (Phi) is 7.81. The van der Waals surface area contributed by atoms with Gasteiger partial charge in [-0.1, -0.05) is 19.6 Å². The third-order valence-corrected chi connectivity index (χ3v) is 5.53. The maximum absolute atomic E-state index is 12.5. The summed E-state index contributed by atoms with van der Waals surface area (Å²) in [4.78, 5) is 23.3. The first kappa shape index (κ1) is 24.4. The first-order valence-corrected chi connectivity index (χ1v) is 11.0. The van der Waals surface area contributed by atoms with Crippen molar-refractivity contribution in [3.63, 3.8) is 0 Å². The van der Waals surface area contributed by atoms with Gasteiger partial charge in [-0.3, -0.25) is 9.48 Å². The molecule has 8 nitrogen and oxygen atoms in total. The fourth-order valence-corrected chi connectivity index (χ4v) is 3.84. The molecule has 1 amide bonds. The van der Waals surface area contributed by atoms with Crippen LogP contribution in [0.2, 0.25) is 0 Å². The summed E-state index contributed by atoms with van der Waals surface area (Å²) < 4.78 is 7.45. The number of aromatic nitrogens is 4. The summed E-state index contributed by atoms with van der Waals surface area (Å²) in [5, 5.41) is 7.32. The Balaban J connectivity index is 0.00000306. The summed E-state index contributed by atoms with van der Waals surface area (Å²) in [5.41, 5.74) is 5.03. The number of hydrogen-bond donors (Lipinski definition) is 1. The van der Waals surface area contributed by atoms with E-state index in [9.17, 15) is 4.79 Å². The Bertz CT molecular complexity index is 1090. The zero-order valence-electron chi connectivity index (χ0n) is 19.1. The zero-order valence-corrected chi connectivity index (χ0v) is 19.1. The third-order valence-electron chi connectivity index (χ3n) is 5.53. The van der Waals surface area contributed by atoms with Crippen molar-refractivity contribution in [1.82, 2.24) is 24.6 Å². The van der Waals surface area contributed by atoms with Crippen molar-refractivity contribution in [2.24, 2.45) is 7.05 Å². The number of anilines is 2. The number of amides is 1. The van der Waals surface area contributed by atoms with E-state index in [1.54, 1.807) is 17.1 Å². The maximum atomic E-state index is 12.5. The highest BCUT2D eigenvalue weighted by Gasteiger charge is 2.31. The van der Waals surface area contributed by atoms with Gasteiger partial charge in [-0.15, -0.1) is 0 Å². The standard InChI is InChI=1S/C24H30N6O2.CH4/c1-16(2)32-21-14-30(15-21)23(31)8-7-18-5-6-19(11-17(18)3)22-9-10-25-24(28-22)27-20-12-26-29(4)13-20;/h5-6,9-13,16,21H,7-8,14-15H2,1-4H3,(H,25,27,28);1H4. The molecule has 0 saturated carbocycles. The van der Waals surface area contributed by atoms with E-state index in [0.29, 0.717) is 25.5 Å². The Morgan fingerprint density at radius 1 is 1.27 bits per heavy atom. The van der Waals surface area contributed by atoms with Crippen LogP contribution in [0.25, 0.3) is 11.3 Å². The predicted molar refractivity (Wildman–Crippen MR) is 130 cm³/mol. The van der Waals surface area contributed by atoms with Gasteiger partial charge in [0.1, 0.15) is 0 Å². The monoisotopic (exact) mass is 450 g/mol. The number of nitrogens with one attached hydrogen (secondary N) is 1. The minimum atomic E-state index is 0. The molecule has 1 fully saturated rings. The lowest BCUT2D eigenvalue weighted by atomic mass is 9.99. The highest BCUT2D eigenvalue weighted by atomic mass is 16.5. The summed E-state index contributed by atoms with van der Waals surface area (Å²) in [6, 6.07) is 8.16. The first-order chi connectivity index (χ1) is 15.4. The lowest BCUT2D eigenvalue weighted by Crippen LogP contribution is -2.55. The summed E-state index contributed by atoms with van der Waals surface area (Å²) >= 11 is 0. The molecule has 1 saturated heterocycles. The molecule has 1 aliphatic rings. The number of rotatable bonds is 8.